The number of anilines is 3. The number of morpholine rings is 1. The number of rotatable bonds is 3. The fourth-order valence-electron chi connectivity index (χ4n) is 4.74. The van der Waals surface area contributed by atoms with Crippen molar-refractivity contribution in [2.24, 2.45) is 0 Å². The van der Waals surface area contributed by atoms with Crippen LogP contribution in [0.1, 0.15) is 36.0 Å². The third kappa shape index (κ3) is 4.20. The van der Waals surface area contributed by atoms with Crippen molar-refractivity contribution in [2.45, 2.75) is 31.8 Å². The van der Waals surface area contributed by atoms with E-state index in [1.807, 2.05) is 23.1 Å². The van der Waals surface area contributed by atoms with Crippen molar-refractivity contribution in [3.8, 4) is 0 Å². The standard InChI is InChI=1S/C24H29N5O3/c30-23-19-7-6-11-25-22(19)29(21-9-3-2-8-20(21)26-23)24(31)28-15-16-32-18(17-28)10-14-27-12-4-1-5-13-27/h2-3,6-9,11,18H,1,4-5,10,12-17H2,(H,26,30). The molecule has 0 saturated carbocycles. The summed E-state index contributed by atoms with van der Waals surface area (Å²) in [4.78, 5) is 36.9. The number of hydrogen-bond donors (Lipinski definition) is 1. The first-order valence-electron chi connectivity index (χ1n) is 11.5. The lowest BCUT2D eigenvalue weighted by atomic mass is 10.1. The molecule has 3 aliphatic heterocycles. The minimum Gasteiger partial charge on any atom is -0.374 e. The molecular formula is C24H29N5O3. The fourth-order valence-corrected chi connectivity index (χ4v) is 4.74. The highest BCUT2D eigenvalue weighted by atomic mass is 16.5. The van der Waals surface area contributed by atoms with Gasteiger partial charge < -0.3 is 19.9 Å². The fraction of sp³-hybridized carbons (Fsp3) is 0.458. The summed E-state index contributed by atoms with van der Waals surface area (Å²) in [5, 5.41) is 2.91. The molecule has 5 rings (SSSR count). The first kappa shape index (κ1) is 20.9. The molecule has 32 heavy (non-hydrogen) atoms. The normalized spacial score (nSPS) is 21.4. The summed E-state index contributed by atoms with van der Waals surface area (Å²) in [5.74, 6) is 0.0912. The maximum absolute atomic E-state index is 13.8. The molecule has 8 heteroatoms. The predicted octanol–water partition coefficient (Wildman–Crippen LogP) is 3.48. The molecule has 0 aliphatic carbocycles. The number of likely N-dealkylation sites (tertiary alicyclic amines) is 1. The van der Waals surface area contributed by atoms with Gasteiger partial charge in [0.1, 0.15) is 0 Å². The molecule has 1 aromatic carbocycles. The van der Waals surface area contributed by atoms with E-state index in [0.717, 1.165) is 26.1 Å². The number of fused-ring (bicyclic) bond motifs is 2. The second-order valence-electron chi connectivity index (χ2n) is 8.59. The molecule has 0 radical (unpaired) electrons. The van der Waals surface area contributed by atoms with E-state index in [-0.39, 0.29) is 18.0 Å². The Hall–Kier alpha value is -2.97. The van der Waals surface area contributed by atoms with Crippen LogP contribution in [0.2, 0.25) is 0 Å². The second kappa shape index (κ2) is 9.26. The zero-order valence-corrected chi connectivity index (χ0v) is 18.2. The summed E-state index contributed by atoms with van der Waals surface area (Å²) >= 11 is 0. The van der Waals surface area contributed by atoms with E-state index in [9.17, 15) is 9.59 Å². The zero-order valence-electron chi connectivity index (χ0n) is 18.2. The number of urea groups is 1. The number of amides is 3. The van der Waals surface area contributed by atoms with Gasteiger partial charge in [-0.05, 0) is 56.6 Å². The molecule has 1 aromatic heterocycles. The van der Waals surface area contributed by atoms with Crippen LogP contribution >= 0.6 is 0 Å². The van der Waals surface area contributed by atoms with E-state index in [1.165, 1.54) is 19.3 Å². The van der Waals surface area contributed by atoms with Crippen molar-refractivity contribution in [3.63, 3.8) is 0 Å². The first-order valence-corrected chi connectivity index (χ1v) is 11.5. The van der Waals surface area contributed by atoms with Crippen molar-refractivity contribution < 1.29 is 14.3 Å². The Balaban J connectivity index is 1.37. The molecular weight excluding hydrogens is 406 g/mol. The van der Waals surface area contributed by atoms with Crippen LogP contribution in [0, 0.1) is 0 Å². The number of benzene rings is 1. The predicted molar refractivity (Wildman–Crippen MR) is 122 cm³/mol. The van der Waals surface area contributed by atoms with Crippen molar-refractivity contribution in [3.05, 3.63) is 48.2 Å². The third-order valence-electron chi connectivity index (χ3n) is 6.45. The van der Waals surface area contributed by atoms with E-state index in [2.05, 4.69) is 15.2 Å². The molecule has 1 atom stereocenters. The highest BCUT2D eigenvalue weighted by Crippen LogP contribution is 2.37. The van der Waals surface area contributed by atoms with Gasteiger partial charge in [0.15, 0.2) is 5.82 Å². The quantitative estimate of drug-likeness (QED) is 0.799. The van der Waals surface area contributed by atoms with Crippen LogP contribution in [-0.4, -0.2) is 72.2 Å². The van der Waals surface area contributed by atoms with Gasteiger partial charge >= 0.3 is 6.03 Å². The van der Waals surface area contributed by atoms with Crippen molar-refractivity contribution in [1.82, 2.24) is 14.8 Å². The summed E-state index contributed by atoms with van der Waals surface area (Å²) in [6.45, 7) is 4.88. The van der Waals surface area contributed by atoms with Gasteiger partial charge in [0.05, 0.1) is 29.6 Å². The Morgan fingerprint density at radius 3 is 2.81 bits per heavy atom. The number of hydrogen-bond acceptors (Lipinski definition) is 5. The minimum absolute atomic E-state index is 0.0137. The molecule has 2 fully saturated rings. The highest BCUT2D eigenvalue weighted by Gasteiger charge is 2.35. The average molecular weight is 436 g/mol. The number of ether oxygens (including phenoxy) is 1. The van der Waals surface area contributed by atoms with Crippen molar-refractivity contribution in [2.75, 3.05) is 49.5 Å². The lowest BCUT2D eigenvalue weighted by Crippen LogP contribution is -2.51. The molecule has 1 N–H and O–H groups in total. The Bertz CT molecular complexity index is 991. The number of nitrogens with one attached hydrogen (secondary N) is 1. The van der Waals surface area contributed by atoms with Crippen LogP contribution in [-0.2, 0) is 4.74 Å². The number of pyridine rings is 1. The summed E-state index contributed by atoms with van der Waals surface area (Å²) in [7, 11) is 0. The Labute approximate surface area is 188 Å². The number of nitrogens with zero attached hydrogens (tertiary/aromatic N) is 4. The summed E-state index contributed by atoms with van der Waals surface area (Å²) < 4.78 is 6.00. The minimum atomic E-state index is -0.266. The molecule has 8 nitrogen and oxygen atoms in total. The molecule has 4 heterocycles. The lowest BCUT2D eigenvalue weighted by molar-refractivity contribution is -0.0214. The van der Waals surface area contributed by atoms with Gasteiger partial charge in [-0.2, -0.15) is 0 Å². The maximum atomic E-state index is 13.8. The second-order valence-corrected chi connectivity index (χ2v) is 8.59. The van der Waals surface area contributed by atoms with Crippen LogP contribution in [0.25, 0.3) is 0 Å². The summed E-state index contributed by atoms with van der Waals surface area (Å²) in [6, 6.07) is 10.6. The van der Waals surface area contributed by atoms with Gasteiger partial charge in [-0.15, -0.1) is 0 Å². The molecule has 3 amide bonds. The van der Waals surface area contributed by atoms with E-state index < -0.39 is 0 Å². The van der Waals surface area contributed by atoms with E-state index in [1.54, 1.807) is 29.3 Å². The summed E-state index contributed by atoms with van der Waals surface area (Å²) in [6.07, 6.45) is 6.40. The molecule has 0 bridgehead atoms. The Morgan fingerprint density at radius 1 is 1.09 bits per heavy atom. The average Bonchev–Trinajstić information content (AvgIpc) is 2.97. The SMILES string of the molecule is O=C1Nc2ccccc2N(C(=O)N2CCOC(CCN3CCCCC3)C2)c2ncccc21. The van der Waals surface area contributed by atoms with Gasteiger partial charge in [-0.25, -0.2) is 14.7 Å². The highest BCUT2D eigenvalue weighted by molar-refractivity contribution is 6.16. The topological polar surface area (TPSA) is 78.0 Å². The van der Waals surface area contributed by atoms with Gasteiger partial charge in [0.2, 0.25) is 0 Å². The lowest BCUT2D eigenvalue weighted by Gasteiger charge is -2.37. The van der Waals surface area contributed by atoms with Gasteiger partial charge in [-0.3, -0.25) is 4.79 Å². The summed E-state index contributed by atoms with van der Waals surface area (Å²) in [5.41, 5.74) is 1.60. The number of carbonyl (C=O) groups is 2. The third-order valence-corrected chi connectivity index (χ3v) is 6.45. The van der Waals surface area contributed by atoms with E-state index >= 15 is 0 Å². The van der Waals surface area contributed by atoms with Crippen LogP contribution < -0.4 is 10.2 Å². The van der Waals surface area contributed by atoms with Crippen LogP contribution in [0.15, 0.2) is 42.6 Å². The molecule has 3 aliphatic rings. The Morgan fingerprint density at radius 2 is 1.94 bits per heavy atom. The van der Waals surface area contributed by atoms with Gasteiger partial charge in [0, 0.05) is 25.8 Å². The maximum Gasteiger partial charge on any atom is 0.330 e. The van der Waals surface area contributed by atoms with Crippen LogP contribution in [0.3, 0.4) is 0 Å². The largest absolute Gasteiger partial charge is 0.374 e. The number of aromatic nitrogens is 1. The monoisotopic (exact) mass is 435 g/mol. The molecule has 2 saturated heterocycles. The van der Waals surface area contributed by atoms with E-state index in [0.29, 0.717) is 42.5 Å². The molecule has 0 spiro atoms. The number of piperidine rings is 1. The first-order chi connectivity index (χ1) is 15.7. The van der Waals surface area contributed by atoms with Crippen molar-refractivity contribution in [1.29, 1.82) is 0 Å². The van der Waals surface area contributed by atoms with E-state index in [4.69, 9.17) is 4.74 Å². The molecule has 1 unspecified atom stereocenters. The van der Waals surface area contributed by atoms with Crippen molar-refractivity contribution >= 4 is 29.1 Å². The zero-order chi connectivity index (χ0) is 21.9. The molecule has 2 aromatic rings. The molecule has 168 valence electrons. The number of carbonyl (C=O) groups excluding carboxylic acids is 2. The number of para-hydroxylation sites is 2. The van der Waals surface area contributed by atoms with Gasteiger partial charge in [0.25, 0.3) is 5.91 Å². The Kier molecular flexibility index (Phi) is 6.05. The smallest absolute Gasteiger partial charge is 0.330 e. The van der Waals surface area contributed by atoms with Crippen LogP contribution in [0.4, 0.5) is 22.0 Å². The van der Waals surface area contributed by atoms with Crippen LogP contribution in [0.5, 0.6) is 0 Å². The van der Waals surface area contributed by atoms with Gasteiger partial charge in [-0.1, -0.05) is 18.6 Å².